The molecule has 5 nitrogen and oxygen atoms in total. The van der Waals surface area contributed by atoms with Crippen molar-refractivity contribution in [2.24, 2.45) is 5.92 Å². The lowest BCUT2D eigenvalue weighted by molar-refractivity contribution is -0.123. The van der Waals surface area contributed by atoms with Crippen LogP contribution in [-0.4, -0.2) is 63.3 Å². The predicted octanol–water partition coefficient (Wildman–Crippen LogP) is -0.569. The lowest BCUT2D eigenvalue weighted by atomic mass is 10.1. The van der Waals surface area contributed by atoms with Crippen LogP contribution in [-0.2, 0) is 9.53 Å². The fourth-order valence-electron chi connectivity index (χ4n) is 2.64. The van der Waals surface area contributed by atoms with E-state index in [1.165, 1.54) is 6.42 Å². The third kappa shape index (κ3) is 3.40. The third-order valence-corrected chi connectivity index (χ3v) is 3.79. The molecule has 2 heterocycles. The summed E-state index contributed by atoms with van der Waals surface area (Å²) in [6, 6.07) is -0.0703. The number of amides is 1. The zero-order valence-corrected chi connectivity index (χ0v) is 10.7. The van der Waals surface area contributed by atoms with E-state index in [0.29, 0.717) is 5.92 Å². The minimum atomic E-state index is -0.0703. The summed E-state index contributed by atoms with van der Waals surface area (Å²) in [6.07, 6.45) is 2.16. The molecule has 0 radical (unpaired) electrons. The maximum atomic E-state index is 11.9. The van der Waals surface area contributed by atoms with Crippen LogP contribution in [0.1, 0.15) is 12.8 Å². The number of likely N-dealkylation sites (tertiary alicyclic amines) is 1. The van der Waals surface area contributed by atoms with Crippen molar-refractivity contribution in [1.29, 1.82) is 0 Å². The van der Waals surface area contributed by atoms with Gasteiger partial charge < -0.3 is 20.3 Å². The van der Waals surface area contributed by atoms with Crippen molar-refractivity contribution in [3.05, 3.63) is 0 Å². The van der Waals surface area contributed by atoms with E-state index in [1.807, 2.05) is 0 Å². The molecule has 3 unspecified atom stereocenters. The molecule has 1 amide bonds. The number of hydrogen-bond acceptors (Lipinski definition) is 4. The smallest absolute Gasteiger partial charge is 0.237 e. The fraction of sp³-hybridized carbons (Fsp3) is 0.917. The van der Waals surface area contributed by atoms with Crippen molar-refractivity contribution in [2.75, 3.05) is 40.3 Å². The first-order chi connectivity index (χ1) is 8.19. The highest BCUT2D eigenvalue weighted by atomic mass is 16.5. The lowest BCUT2D eigenvalue weighted by Crippen LogP contribution is -2.42. The molecule has 98 valence electrons. The Kier molecular flexibility index (Phi) is 4.36. The Balaban J connectivity index is 1.67. The van der Waals surface area contributed by atoms with Crippen LogP contribution in [0.15, 0.2) is 0 Å². The van der Waals surface area contributed by atoms with Crippen molar-refractivity contribution in [3.63, 3.8) is 0 Å². The summed E-state index contributed by atoms with van der Waals surface area (Å²) in [6.45, 7) is 3.83. The van der Waals surface area contributed by atoms with Crippen LogP contribution in [0, 0.1) is 5.92 Å². The van der Waals surface area contributed by atoms with Crippen molar-refractivity contribution in [3.8, 4) is 0 Å². The Hall–Kier alpha value is -0.650. The highest BCUT2D eigenvalue weighted by Crippen LogP contribution is 2.14. The molecule has 0 aromatic carbocycles. The second kappa shape index (κ2) is 5.80. The standard InChI is InChI=1S/C12H23N3O2/c1-15-4-3-9(8-15)6-14-12(16)11-5-10(17-2)7-13-11/h9-11,13H,3-8H2,1-2H3,(H,14,16). The number of rotatable bonds is 4. The monoisotopic (exact) mass is 241 g/mol. The molecule has 2 rings (SSSR count). The molecule has 5 heteroatoms. The normalized spacial score (nSPS) is 34.1. The van der Waals surface area contributed by atoms with E-state index in [0.717, 1.165) is 32.6 Å². The quantitative estimate of drug-likeness (QED) is 0.692. The van der Waals surface area contributed by atoms with Gasteiger partial charge in [0.1, 0.15) is 0 Å². The van der Waals surface area contributed by atoms with Gasteiger partial charge in [-0.25, -0.2) is 0 Å². The Morgan fingerprint density at radius 1 is 1.59 bits per heavy atom. The van der Waals surface area contributed by atoms with E-state index in [2.05, 4.69) is 22.6 Å². The van der Waals surface area contributed by atoms with Gasteiger partial charge in [0.05, 0.1) is 12.1 Å². The van der Waals surface area contributed by atoms with Gasteiger partial charge in [0, 0.05) is 26.7 Å². The zero-order valence-electron chi connectivity index (χ0n) is 10.7. The molecule has 2 aliphatic rings. The third-order valence-electron chi connectivity index (χ3n) is 3.79. The molecule has 0 aromatic rings. The summed E-state index contributed by atoms with van der Waals surface area (Å²) < 4.78 is 5.23. The maximum absolute atomic E-state index is 11.9. The minimum absolute atomic E-state index is 0.0703. The fourth-order valence-corrected chi connectivity index (χ4v) is 2.64. The van der Waals surface area contributed by atoms with Crippen LogP contribution in [0.2, 0.25) is 0 Å². The Labute approximate surface area is 103 Å². The average molecular weight is 241 g/mol. The van der Waals surface area contributed by atoms with Gasteiger partial charge in [-0.2, -0.15) is 0 Å². The van der Waals surface area contributed by atoms with Crippen molar-refractivity contribution >= 4 is 5.91 Å². The van der Waals surface area contributed by atoms with Crippen molar-refractivity contribution in [2.45, 2.75) is 25.0 Å². The highest BCUT2D eigenvalue weighted by Gasteiger charge is 2.29. The topological polar surface area (TPSA) is 53.6 Å². The van der Waals surface area contributed by atoms with Gasteiger partial charge in [0.15, 0.2) is 0 Å². The van der Waals surface area contributed by atoms with Gasteiger partial charge in [-0.1, -0.05) is 0 Å². The number of nitrogens with one attached hydrogen (secondary N) is 2. The van der Waals surface area contributed by atoms with E-state index in [-0.39, 0.29) is 18.1 Å². The van der Waals surface area contributed by atoms with E-state index in [9.17, 15) is 4.79 Å². The first kappa shape index (κ1) is 12.8. The Morgan fingerprint density at radius 2 is 2.41 bits per heavy atom. The summed E-state index contributed by atoms with van der Waals surface area (Å²) in [5, 5.41) is 6.24. The molecule has 2 saturated heterocycles. The summed E-state index contributed by atoms with van der Waals surface area (Å²) in [5.74, 6) is 0.739. The van der Waals surface area contributed by atoms with Crippen LogP contribution in [0.25, 0.3) is 0 Å². The van der Waals surface area contributed by atoms with E-state index in [4.69, 9.17) is 4.74 Å². The molecule has 0 spiro atoms. The Bertz CT molecular complexity index is 272. The molecular formula is C12H23N3O2. The predicted molar refractivity (Wildman–Crippen MR) is 65.8 cm³/mol. The second-order valence-electron chi connectivity index (χ2n) is 5.22. The van der Waals surface area contributed by atoms with Gasteiger partial charge in [-0.3, -0.25) is 4.79 Å². The summed E-state index contributed by atoms with van der Waals surface area (Å²) in [4.78, 5) is 14.2. The highest BCUT2D eigenvalue weighted by molar-refractivity contribution is 5.82. The largest absolute Gasteiger partial charge is 0.380 e. The number of ether oxygens (including phenoxy) is 1. The molecule has 0 aromatic heterocycles. The number of nitrogens with zero attached hydrogens (tertiary/aromatic N) is 1. The van der Waals surface area contributed by atoms with Crippen molar-refractivity contribution in [1.82, 2.24) is 15.5 Å². The molecule has 0 aliphatic carbocycles. The van der Waals surface area contributed by atoms with Crippen LogP contribution in [0.3, 0.4) is 0 Å². The second-order valence-corrected chi connectivity index (χ2v) is 5.22. The minimum Gasteiger partial charge on any atom is -0.380 e. The van der Waals surface area contributed by atoms with Crippen LogP contribution in [0.5, 0.6) is 0 Å². The lowest BCUT2D eigenvalue weighted by Gasteiger charge is -2.14. The molecule has 0 bridgehead atoms. The van der Waals surface area contributed by atoms with E-state index < -0.39 is 0 Å². The molecular weight excluding hydrogens is 218 g/mol. The zero-order chi connectivity index (χ0) is 12.3. The Morgan fingerprint density at radius 3 is 3.00 bits per heavy atom. The SMILES string of the molecule is COC1CNC(C(=O)NCC2CCN(C)C2)C1. The van der Waals surface area contributed by atoms with Crippen molar-refractivity contribution < 1.29 is 9.53 Å². The van der Waals surface area contributed by atoms with E-state index >= 15 is 0 Å². The van der Waals surface area contributed by atoms with Gasteiger partial charge in [-0.05, 0) is 32.4 Å². The van der Waals surface area contributed by atoms with Gasteiger partial charge in [0.25, 0.3) is 0 Å². The summed E-state index contributed by atoms with van der Waals surface area (Å²) in [7, 11) is 3.82. The molecule has 2 N–H and O–H groups in total. The maximum Gasteiger partial charge on any atom is 0.237 e. The molecule has 0 saturated carbocycles. The first-order valence-corrected chi connectivity index (χ1v) is 6.41. The summed E-state index contributed by atoms with van der Waals surface area (Å²) in [5.41, 5.74) is 0. The van der Waals surface area contributed by atoms with Crippen LogP contribution >= 0.6 is 0 Å². The number of carbonyl (C=O) groups excluding carboxylic acids is 1. The first-order valence-electron chi connectivity index (χ1n) is 6.41. The molecule has 2 aliphatic heterocycles. The number of methoxy groups -OCH3 is 1. The van der Waals surface area contributed by atoms with Gasteiger partial charge >= 0.3 is 0 Å². The molecule has 17 heavy (non-hydrogen) atoms. The molecule has 2 fully saturated rings. The van der Waals surface area contributed by atoms with Crippen LogP contribution in [0.4, 0.5) is 0 Å². The summed E-state index contributed by atoms with van der Waals surface area (Å²) >= 11 is 0. The number of hydrogen-bond donors (Lipinski definition) is 2. The van der Waals surface area contributed by atoms with Gasteiger partial charge in [0.2, 0.25) is 5.91 Å². The molecule has 3 atom stereocenters. The average Bonchev–Trinajstić information content (AvgIpc) is 2.94. The van der Waals surface area contributed by atoms with E-state index in [1.54, 1.807) is 7.11 Å². The number of carbonyl (C=O) groups is 1. The van der Waals surface area contributed by atoms with Gasteiger partial charge in [-0.15, -0.1) is 0 Å². The van der Waals surface area contributed by atoms with Crippen LogP contribution < -0.4 is 10.6 Å².